The lowest BCUT2D eigenvalue weighted by Crippen LogP contribution is -2.10. The smallest absolute Gasteiger partial charge is 0.182 e. The van der Waals surface area contributed by atoms with Gasteiger partial charge in [0.05, 0.1) is 18.8 Å². The lowest BCUT2D eigenvalue weighted by atomic mass is 10.2. The molecule has 20 heavy (non-hydrogen) atoms. The van der Waals surface area contributed by atoms with E-state index in [1.807, 2.05) is 0 Å². The van der Waals surface area contributed by atoms with Crippen LogP contribution in [-0.4, -0.2) is 33.4 Å². The Morgan fingerprint density at radius 1 is 1.35 bits per heavy atom. The van der Waals surface area contributed by atoms with E-state index in [4.69, 9.17) is 10.5 Å². The molecule has 0 aliphatic carbocycles. The van der Waals surface area contributed by atoms with E-state index in [0.717, 1.165) is 19.4 Å². The van der Waals surface area contributed by atoms with E-state index in [2.05, 4.69) is 22.4 Å². The Labute approximate surface area is 116 Å². The second kappa shape index (κ2) is 6.95. The zero-order valence-electron chi connectivity index (χ0n) is 11.4. The molecule has 0 fully saturated rings. The van der Waals surface area contributed by atoms with Crippen LogP contribution in [0.1, 0.15) is 19.8 Å². The van der Waals surface area contributed by atoms with Gasteiger partial charge in [-0.15, -0.1) is 5.10 Å². The molecule has 1 aromatic carbocycles. The Morgan fingerprint density at radius 2 is 2.20 bits per heavy atom. The van der Waals surface area contributed by atoms with Gasteiger partial charge in [0, 0.05) is 12.2 Å². The molecule has 0 unspecified atom stereocenters. The fourth-order valence-corrected chi connectivity index (χ4v) is 1.73. The van der Waals surface area contributed by atoms with Crippen molar-refractivity contribution in [3.8, 4) is 11.4 Å². The monoisotopic (exact) mass is 279 g/mol. The molecule has 0 bridgehead atoms. The first-order valence-corrected chi connectivity index (χ1v) is 6.61. The largest absolute Gasteiger partial charge is 0.396 e. The first-order chi connectivity index (χ1) is 9.72. The first-order valence-electron chi connectivity index (χ1n) is 6.61. The maximum atomic E-state index is 13.5. The number of hydrogen-bond acceptors (Lipinski definition) is 5. The normalized spacial score (nSPS) is 10.9. The highest BCUT2D eigenvalue weighted by molar-refractivity contribution is 5.58. The number of rotatable bonds is 7. The molecule has 0 aliphatic heterocycles. The van der Waals surface area contributed by atoms with Crippen LogP contribution in [-0.2, 0) is 11.3 Å². The molecule has 7 heteroatoms. The molecule has 0 saturated carbocycles. The van der Waals surface area contributed by atoms with Crippen LogP contribution in [0.2, 0.25) is 0 Å². The summed E-state index contributed by atoms with van der Waals surface area (Å²) in [6, 6.07) is 4.52. The molecule has 0 amide bonds. The number of hydrogen-bond donors (Lipinski definition) is 1. The van der Waals surface area contributed by atoms with Crippen molar-refractivity contribution in [3.05, 3.63) is 24.0 Å². The summed E-state index contributed by atoms with van der Waals surface area (Å²) in [6.45, 7) is 3.89. The first kappa shape index (κ1) is 14.4. The number of ether oxygens (including phenoxy) is 1. The summed E-state index contributed by atoms with van der Waals surface area (Å²) in [7, 11) is 0. The molecule has 1 aromatic heterocycles. The average molecular weight is 279 g/mol. The highest BCUT2D eigenvalue weighted by Gasteiger charge is 2.10. The number of tetrazole rings is 1. The molecular formula is C13H18FN5O. The summed E-state index contributed by atoms with van der Waals surface area (Å²) in [4.78, 5) is 0. The number of nitrogen functional groups attached to an aromatic ring is 1. The summed E-state index contributed by atoms with van der Waals surface area (Å²) in [5.41, 5.74) is 6.15. The van der Waals surface area contributed by atoms with Gasteiger partial charge in [0.1, 0.15) is 5.82 Å². The SMILES string of the molecule is CCCCOCCn1nnnc1-c1ccc(N)c(F)c1. The van der Waals surface area contributed by atoms with Crippen molar-refractivity contribution in [2.45, 2.75) is 26.3 Å². The average Bonchev–Trinajstić information content (AvgIpc) is 2.90. The third-order valence-corrected chi connectivity index (χ3v) is 2.88. The number of anilines is 1. The van der Waals surface area contributed by atoms with Gasteiger partial charge in [0.15, 0.2) is 5.82 Å². The van der Waals surface area contributed by atoms with E-state index < -0.39 is 5.82 Å². The minimum atomic E-state index is -0.476. The third-order valence-electron chi connectivity index (χ3n) is 2.88. The number of nitrogens with two attached hydrogens (primary N) is 1. The number of aromatic nitrogens is 4. The Balaban J connectivity index is 2.02. The van der Waals surface area contributed by atoms with Crippen LogP contribution >= 0.6 is 0 Å². The second-order valence-corrected chi connectivity index (χ2v) is 4.43. The maximum Gasteiger partial charge on any atom is 0.182 e. The summed E-state index contributed by atoms with van der Waals surface area (Å²) in [5, 5.41) is 11.4. The van der Waals surface area contributed by atoms with Crippen molar-refractivity contribution in [1.29, 1.82) is 0 Å². The van der Waals surface area contributed by atoms with Crippen LogP contribution in [0.3, 0.4) is 0 Å². The molecule has 2 rings (SSSR count). The van der Waals surface area contributed by atoms with Crippen LogP contribution in [0.15, 0.2) is 18.2 Å². The molecule has 108 valence electrons. The Hall–Kier alpha value is -2.02. The van der Waals surface area contributed by atoms with Gasteiger partial charge in [-0.2, -0.15) is 0 Å². The standard InChI is InChI=1S/C13H18FN5O/c1-2-3-7-20-8-6-19-13(16-17-18-19)10-4-5-12(15)11(14)9-10/h4-5,9H,2-3,6-8,15H2,1H3. The highest BCUT2D eigenvalue weighted by atomic mass is 19.1. The Bertz CT molecular complexity index is 557. The zero-order chi connectivity index (χ0) is 14.4. The second-order valence-electron chi connectivity index (χ2n) is 4.43. The number of unbranched alkanes of at least 4 members (excludes halogenated alkanes) is 1. The van der Waals surface area contributed by atoms with Gasteiger partial charge in [0.2, 0.25) is 0 Å². The minimum absolute atomic E-state index is 0.107. The lowest BCUT2D eigenvalue weighted by Gasteiger charge is -2.06. The number of halogens is 1. The van der Waals surface area contributed by atoms with Gasteiger partial charge in [-0.1, -0.05) is 13.3 Å². The summed E-state index contributed by atoms with van der Waals surface area (Å²) in [6.07, 6.45) is 2.13. The fourth-order valence-electron chi connectivity index (χ4n) is 1.73. The molecule has 0 aliphatic rings. The van der Waals surface area contributed by atoms with Crippen molar-refractivity contribution in [3.63, 3.8) is 0 Å². The molecule has 0 atom stereocenters. The number of benzene rings is 1. The molecule has 6 nitrogen and oxygen atoms in total. The van der Waals surface area contributed by atoms with Gasteiger partial charge in [0.25, 0.3) is 0 Å². The van der Waals surface area contributed by atoms with E-state index in [9.17, 15) is 4.39 Å². The lowest BCUT2D eigenvalue weighted by molar-refractivity contribution is 0.121. The third kappa shape index (κ3) is 3.51. The molecule has 0 saturated heterocycles. The van der Waals surface area contributed by atoms with Crippen LogP contribution in [0, 0.1) is 5.82 Å². The molecule has 1 heterocycles. The molecular weight excluding hydrogens is 261 g/mol. The van der Waals surface area contributed by atoms with Gasteiger partial charge in [-0.25, -0.2) is 9.07 Å². The molecule has 2 aromatic rings. The Kier molecular flexibility index (Phi) is 5.00. The van der Waals surface area contributed by atoms with Gasteiger partial charge >= 0.3 is 0 Å². The van der Waals surface area contributed by atoms with Crippen molar-refractivity contribution in [2.24, 2.45) is 0 Å². The van der Waals surface area contributed by atoms with Crippen molar-refractivity contribution < 1.29 is 9.13 Å². The van der Waals surface area contributed by atoms with E-state index in [0.29, 0.717) is 24.5 Å². The summed E-state index contributed by atoms with van der Waals surface area (Å²) >= 11 is 0. The predicted octanol–water partition coefficient (Wildman–Crippen LogP) is 1.88. The fraction of sp³-hybridized carbons (Fsp3) is 0.462. The molecule has 0 spiro atoms. The van der Waals surface area contributed by atoms with Crippen LogP contribution < -0.4 is 5.73 Å². The quantitative estimate of drug-likeness (QED) is 0.618. The van der Waals surface area contributed by atoms with E-state index >= 15 is 0 Å². The van der Waals surface area contributed by atoms with E-state index in [1.165, 1.54) is 12.1 Å². The van der Waals surface area contributed by atoms with Gasteiger partial charge in [-0.3, -0.25) is 0 Å². The molecule has 2 N–H and O–H groups in total. The predicted molar refractivity (Wildman–Crippen MR) is 73.4 cm³/mol. The van der Waals surface area contributed by atoms with Crippen molar-refractivity contribution >= 4 is 5.69 Å². The van der Waals surface area contributed by atoms with Crippen LogP contribution in [0.4, 0.5) is 10.1 Å². The van der Waals surface area contributed by atoms with Crippen LogP contribution in [0.25, 0.3) is 11.4 Å². The summed E-state index contributed by atoms with van der Waals surface area (Å²) < 4.78 is 20.5. The minimum Gasteiger partial charge on any atom is -0.396 e. The van der Waals surface area contributed by atoms with Gasteiger partial charge in [-0.05, 0) is 35.0 Å². The summed E-state index contributed by atoms with van der Waals surface area (Å²) in [5.74, 6) is 0.0271. The van der Waals surface area contributed by atoms with Crippen molar-refractivity contribution in [1.82, 2.24) is 20.2 Å². The highest BCUT2D eigenvalue weighted by Crippen LogP contribution is 2.20. The van der Waals surface area contributed by atoms with Crippen molar-refractivity contribution in [2.75, 3.05) is 18.9 Å². The van der Waals surface area contributed by atoms with E-state index in [1.54, 1.807) is 10.7 Å². The Morgan fingerprint density at radius 3 is 2.95 bits per heavy atom. The topological polar surface area (TPSA) is 78.8 Å². The van der Waals surface area contributed by atoms with E-state index in [-0.39, 0.29) is 5.69 Å². The van der Waals surface area contributed by atoms with Crippen LogP contribution in [0.5, 0.6) is 0 Å². The molecule has 0 radical (unpaired) electrons. The zero-order valence-corrected chi connectivity index (χ0v) is 11.4. The number of nitrogens with zero attached hydrogens (tertiary/aromatic N) is 4. The van der Waals surface area contributed by atoms with Gasteiger partial charge < -0.3 is 10.5 Å². The maximum absolute atomic E-state index is 13.5.